The van der Waals surface area contributed by atoms with Gasteiger partial charge in [-0.15, -0.1) is 0 Å². The zero-order valence-corrected chi connectivity index (χ0v) is 13.8. The molecule has 0 aliphatic rings. The van der Waals surface area contributed by atoms with E-state index in [4.69, 9.17) is 0 Å². The largest absolute Gasteiger partial charge is 0.465 e. The van der Waals surface area contributed by atoms with E-state index in [0.717, 1.165) is 5.69 Å². The summed E-state index contributed by atoms with van der Waals surface area (Å²) in [5.41, 5.74) is 0.891. The number of carbonyl (C=O) groups excluding carboxylic acids is 1. The van der Waals surface area contributed by atoms with Crippen molar-refractivity contribution in [1.29, 1.82) is 0 Å². The molecule has 0 spiro atoms. The number of nitrogens with one attached hydrogen (secondary N) is 1. The molecule has 0 atom stereocenters. The molecule has 0 fully saturated rings. The Morgan fingerprint density at radius 1 is 1.26 bits per heavy atom. The zero-order valence-electron chi connectivity index (χ0n) is 13.0. The molecule has 1 aromatic heterocycles. The number of esters is 1. The molecule has 0 amide bonds. The molecule has 23 heavy (non-hydrogen) atoms. The summed E-state index contributed by atoms with van der Waals surface area (Å²) < 4.78 is 31.9. The monoisotopic (exact) mass is 335 g/mol. The highest BCUT2D eigenvalue weighted by Crippen LogP contribution is 2.17. The fraction of sp³-hybridized carbons (Fsp3) is 0.267. The van der Waals surface area contributed by atoms with E-state index in [1.807, 2.05) is 6.92 Å². The van der Waals surface area contributed by atoms with Crippen LogP contribution in [-0.2, 0) is 21.2 Å². The predicted octanol–water partition coefficient (Wildman–Crippen LogP) is 1.93. The summed E-state index contributed by atoms with van der Waals surface area (Å²) in [5, 5.41) is 0. The fourth-order valence-electron chi connectivity index (χ4n) is 1.97. The normalized spacial score (nSPS) is 11.1. The van der Waals surface area contributed by atoms with Gasteiger partial charge in [0.25, 0.3) is 10.0 Å². The number of aromatic nitrogens is 2. The van der Waals surface area contributed by atoms with E-state index < -0.39 is 16.0 Å². The van der Waals surface area contributed by atoms with Gasteiger partial charge in [-0.3, -0.25) is 4.72 Å². The van der Waals surface area contributed by atoms with Gasteiger partial charge in [-0.1, -0.05) is 13.0 Å². The van der Waals surface area contributed by atoms with E-state index in [2.05, 4.69) is 19.4 Å². The summed E-state index contributed by atoms with van der Waals surface area (Å²) in [7, 11) is -2.63. The molecule has 7 nitrogen and oxygen atoms in total. The van der Waals surface area contributed by atoms with Gasteiger partial charge in [0.05, 0.1) is 17.6 Å². The number of carbonyl (C=O) groups is 1. The van der Waals surface area contributed by atoms with Gasteiger partial charge in [-0.2, -0.15) is 0 Å². The Kier molecular flexibility index (Phi) is 4.95. The number of nitrogens with zero attached hydrogens (tertiary/aromatic N) is 2. The molecule has 0 radical (unpaired) electrons. The van der Waals surface area contributed by atoms with Gasteiger partial charge in [0.15, 0.2) is 0 Å². The molecule has 8 heteroatoms. The quantitative estimate of drug-likeness (QED) is 0.838. The highest BCUT2D eigenvalue weighted by Gasteiger charge is 2.18. The third-order valence-electron chi connectivity index (χ3n) is 3.06. The number of rotatable bonds is 5. The van der Waals surface area contributed by atoms with Crippen LogP contribution in [-0.4, -0.2) is 31.5 Å². The summed E-state index contributed by atoms with van der Waals surface area (Å²) in [4.78, 5) is 19.7. The van der Waals surface area contributed by atoms with E-state index in [1.165, 1.54) is 31.4 Å². The zero-order chi connectivity index (χ0) is 17.0. The molecule has 0 aliphatic carbocycles. The minimum atomic E-state index is -3.87. The van der Waals surface area contributed by atoms with Crippen LogP contribution in [0.25, 0.3) is 0 Å². The maximum atomic E-state index is 12.5. The molecule has 1 heterocycles. The number of ether oxygens (including phenoxy) is 1. The molecule has 1 N–H and O–H groups in total. The van der Waals surface area contributed by atoms with Crippen molar-refractivity contribution in [1.82, 2.24) is 9.97 Å². The standard InChI is InChI=1S/C15H17N3O4S/c1-4-12-9-14(17-10(2)16-12)18-23(20,21)13-7-5-6-11(8-13)15(19)22-3/h5-9H,4H2,1-3H3,(H,16,17,18). The summed E-state index contributed by atoms with van der Waals surface area (Å²) in [6.45, 7) is 3.61. The fourth-order valence-corrected chi connectivity index (χ4v) is 3.01. The van der Waals surface area contributed by atoms with Crippen molar-refractivity contribution in [3.63, 3.8) is 0 Å². The second kappa shape index (κ2) is 6.74. The van der Waals surface area contributed by atoms with E-state index >= 15 is 0 Å². The first kappa shape index (κ1) is 16.9. The van der Waals surface area contributed by atoms with Crippen LogP contribution in [0.1, 0.15) is 28.8 Å². The molecule has 0 bridgehead atoms. The second-order valence-electron chi connectivity index (χ2n) is 4.77. The van der Waals surface area contributed by atoms with Crippen LogP contribution >= 0.6 is 0 Å². The van der Waals surface area contributed by atoms with Crippen molar-refractivity contribution in [2.75, 3.05) is 11.8 Å². The average molecular weight is 335 g/mol. The molecule has 2 aromatic rings. The van der Waals surface area contributed by atoms with Crippen LogP contribution in [0.4, 0.5) is 5.82 Å². The van der Waals surface area contributed by atoms with Crippen molar-refractivity contribution >= 4 is 21.8 Å². The van der Waals surface area contributed by atoms with Crippen LogP contribution in [0.2, 0.25) is 0 Å². The maximum absolute atomic E-state index is 12.5. The number of hydrogen-bond donors (Lipinski definition) is 1. The Hall–Kier alpha value is -2.48. The minimum absolute atomic E-state index is 0.0466. The van der Waals surface area contributed by atoms with Gasteiger partial charge in [-0.25, -0.2) is 23.2 Å². The third kappa shape index (κ3) is 4.04. The van der Waals surface area contributed by atoms with Crippen LogP contribution in [0.3, 0.4) is 0 Å². The van der Waals surface area contributed by atoms with Crippen LogP contribution in [0.5, 0.6) is 0 Å². The molecule has 2 rings (SSSR count). The summed E-state index contributed by atoms with van der Waals surface area (Å²) in [6.07, 6.45) is 0.663. The number of hydrogen-bond acceptors (Lipinski definition) is 6. The van der Waals surface area contributed by atoms with Crippen LogP contribution < -0.4 is 4.72 Å². The lowest BCUT2D eigenvalue weighted by Gasteiger charge is -2.10. The molecule has 122 valence electrons. The summed E-state index contributed by atoms with van der Waals surface area (Å²) in [5.74, 6) is 0.0661. The third-order valence-corrected chi connectivity index (χ3v) is 4.41. The van der Waals surface area contributed by atoms with Crippen molar-refractivity contribution in [2.45, 2.75) is 25.2 Å². The molecule has 0 saturated carbocycles. The topological polar surface area (TPSA) is 98.2 Å². The van der Waals surface area contributed by atoms with Gasteiger partial charge in [0.2, 0.25) is 0 Å². The first-order valence-corrected chi connectivity index (χ1v) is 8.40. The van der Waals surface area contributed by atoms with Crippen LogP contribution in [0, 0.1) is 6.92 Å². The molecular weight excluding hydrogens is 318 g/mol. The summed E-state index contributed by atoms with van der Waals surface area (Å²) in [6, 6.07) is 7.18. The number of methoxy groups -OCH3 is 1. The lowest BCUT2D eigenvalue weighted by Crippen LogP contribution is -2.15. The Morgan fingerprint density at radius 2 is 2.00 bits per heavy atom. The molecule has 0 saturated heterocycles. The predicted molar refractivity (Wildman–Crippen MR) is 84.7 cm³/mol. The Morgan fingerprint density at radius 3 is 2.65 bits per heavy atom. The maximum Gasteiger partial charge on any atom is 0.337 e. The van der Waals surface area contributed by atoms with E-state index in [-0.39, 0.29) is 16.3 Å². The lowest BCUT2D eigenvalue weighted by molar-refractivity contribution is 0.0600. The number of anilines is 1. The van der Waals surface area contributed by atoms with E-state index in [1.54, 1.807) is 13.0 Å². The van der Waals surface area contributed by atoms with Gasteiger partial charge >= 0.3 is 5.97 Å². The van der Waals surface area contributed by atoms with Crippen molar-refractivity contribution in [3.05, 3.63) is 47.4 Å². The van der Waals surface area contributed by atoms with Crippen molar-refractivity contribution in [3.8, 4) is 0 Å². The van der Waals surface area contributed by atoms with Gasteiger partial charge in [0, 0.05) is 11.8 Å². The Balaban J connectivity index is 2.36. The molecule has 0 aliphatic heterocycles. The van der Waals surface area contributed by atoms with E-state index in [9.17, 15) is 13.2 Å². The first-order valence-electron chi connectivity index (χ1n) is 6.91. The van der Waals surface area contributed by atoms with E-state index in [0.29, 0.717) is 12.2 Å². The van der Waals surface area contributed by atoms with Crippen LogP contribution in [0.15, 0.2) is 35.2 Å². The summed E-state index contributed by atoms with van der Waals surface area (Å²) >= 11 is 0. The molecule has 1 aromatic carbocycles. The number of aryl methyl sites for hydroxylation is 2. The second-order valence-corrected chi connectivity index (χ2v) is 6.45. The van der Waals surface area contributed by atoms with Crippen molar-refractivity contribution < 1.29 is 17.9 Å². The molecular formula is C15H17N3O4S. The minimum Gasteiger partial charge on any atom is -0.465 e. The van der Waals surface area contributed by atoms with Gasteiger partial charge < -0.3 is 4.74 Å². The van der Waals surface area contributed by atoms with Gasteiger partial charge in [-0.05, 0) is 31.5 Å². The highest BCUT2D eigenvalue weighted by atomic mass is 32.2. The number of sulfonamides is 1. The Bertz CT molecular complexity index is 834. The van der Waals surface area contributed by atoms with Crippen molar-refractivity contribution in [2.24, 2.45) is 0 Å². The lowest BCUT2D eigenvalue weighted by atomic mass is 10.2. The van der Waals surface area contributed by atoms with Gasteiger partial charge in [0.1, 0.15) is 11.6 Å². The highest BCUT2D eigenvalue weighted by molar-refractivity contribution is 7.92. The molecule has 0 unspecified atom stereocenters. The number of benzene rings is 1. The average Bonchev–Trinajstić information content (AvgIpc) is 2.53. The Labute approximate surface area is 134 Å². The SMILES string of the molecule is CCc1cc(NS(=O)(=O)c2cccc(C(=O)OC)c2)nc(C)n1. The first-order chi connectivity index (χ1) is 10.9. The smallest absolute Gasteiger partial charge is 0.337 e.